The second-order valence-corrected chi connectivity index (χ2v) is 4.93. The molecule has 1 aliphatic rings. The molecule has 0 heterocycles. The Morgan fingerprint density at radius 2 is 2.20 bits per heavy atom. The number of ether oxygens (including phenoxy) is 1. The van der Waals surface area contributed by atoms with Gasteiger partial charge in [-0.1, -0.05) is 18.6 Å². The Balaban J connectivity index is 1.92. The van der Waals surface area contributed by atoms with E-state index in [4.69, 9.17) is 4.74 Å². The molecule has 0 N–H and O–H groups in total. The highest BCUT2D eigenvalue weighted by Gasteiger charge is 2.36. The third kappa shape index (κ3) is 2.49. The van der Waals surface area contributed by atoms with Crippen LogP contribution < -0.4 is 4.74 Å². The summed E-state index contributed by atoms with van der Waals surface area (Å²) in [5.74, 6) is 1.93. The van der Waals surface area contributed by atoms with E-state index in [-0.39, 0.29) is 0 Å². The Morgan fingerprint density at radius 3 is 2.73 bits per heavy atom. The van der Waals surface area contributed by atoms with Gasteiger partial charge in [-0.15, -0.1) is 0 Å². The minimum absolute atomic E-state index is 0.354. The van der Waals surface area contributed by atoms with E-state index in [1.54, 1.807) is 0 Å². The van der Waals surface area contributed by atoms with Crippen molar-refractivity contribution in [2.75, 3.05) is 12.4 Å². The van der Waals surface area contributed by atoms with Crippen LogP contribution in [0.15, 0.2) is 24.3 Å². The van der Waals surface area contributed by atoms with Gasteiger partial charge in [0.15, 0.2) is 0 Å². The second kappa shape index (κ2) is 4.48. The molecule has 15 heavy (non-hydrogen) atoms. The van der Waals surface area contributed by atoms with Crippen LogP contribution in [-0.4, -0.2) is 12.4 Å². The van der Waals surface area contributed by atoms with E-state index in [1.165, 1.54) is 24.8 Å². The molecule has 2 rings (SSSR count). The van der Waals surface area contributed by atoms with Crippen LogP contribution in [0.3, 0.4) is 0 Å². The lowest BCUT2D eigenvalue weighted by Gasteiger charge is -2.40. The predicted molar refractivity (Wildman–Crippen MR) is 66.8 cm³/mol. The van der Waals surface area contributed by atoms with Gasteiger partial charge < -0.3 is 4.74 Å². The van der Waals surface area contributed by atoms with Crippen molar-refractivity contribution in [2.45, 2.75) is 26.2 Å². The molecule has 1 aromatic rings. The summed E-state index contributed by atoms with van der Waals surface area (Å²) in [6.07, 6.45) is 3.86. The van der Waals surface area contributed by atoms with Crippen molar-refractivity contribution in [1.29, 1.82) is 0 Å². The summed E-state index contributed by atoms with van der Waals surface area (Å²) in [6.45, 7) is 2.91. The van der Waals surface area contributed by atoms with Gasteiger partial charge in [-0.3, -0.25) is 0 Å². The molecule has 1 saturated carbocycles. The molecule has 1 aliphatic carbocycles. The molecule has 0 unspecified atom stereocenters. The highest BCUT2D eigenvalue weighted by molar-refractivity contribution is 7.80. The van der Waals surface area contributed by atoms with E-state index >= 15 is 0 Å². The third-order valence-corrected chi connectivity index (χ3v) is 3.96. The SMILES string of the molecule is Cc1cccc(OCC2(CS)CCC2)c1. The summed E-state index contributed by atoms with van der Waals surface area (Å²) in [7, 11) is 0. The van der Waals surface area contributed by atoms with E-state index in [0.29, 0.717) is 5.41 Å². The van der Waals surface area contributed by atoms with Gasteiger partial charge in [0, 0.05) is 5.41 Å². The van der Waals surface area contributed by atoms with E-state index in [9.17, 15) is 0 Å². The quantitative estimate of drug-likeness (QED) is 0.767. The largest absolute Gasteiger partial charge is 0.493 e. The first kappa shape index (κ1) is 10.9. The second-order valence-electron chi connectivity index (χ2n) is 4.62. The van der Waals surface area contributed by atoms with Crippen LogP contribution in [0.4, 0.5) is 0 Å². The molecule has 1 fully saturated rings. The summed E-state index contributed by atoms with van der Waals surface area (Å²) in [5.41, 5.74) is 1.60. The fraction of sp³-hybridized carbons (Fsp3) is 0.538. The maximum atomic E-state index is 5.84. The lowest BCUT2D eigenvalue weighted by Crippen LogP contribution is -2.37. The molecule has 0 atom stereocenters. The molecular formula is C13H18OS. The zero-order valence-electron chi connectivity index (χ0n) is 9.20. The topological polar surface area (TPSA) is 9.23 Å². The van der Waals surface area contributed by atoms with Gasteiger partial charge in [-0.05, 0) is 43.2 Å². The van der Waals surface area contributed by atoms with Crippen molar-refractivity contribution < 1.29 is 4.74 Å². The number of thiol groups is 1. The number of rotatable bonds is 4. The van der Waals surface area contributed by atoms with Crippen molar-refractivity contribution >= 4 is 12.6 Å². The average molecular weight is 222 g/mol. The minimum atomic E-state index is 0.354. The number of aryl methyl sites for hydroxylation is 1. The van der Waals surface area contributed by atoms with Gasteiger partial charge in [-0.2, -0.15) is 12.6 Å². The number of benzene rings is 1. The first-order chi connectivity index (χ1) is 7.24. The van der Waals surface area contributed by atoms with Gasteiger partial charge in [0.25, 0.3) is 0 Å². The van der Waals surface area contributed by atoms with Crippen LogP contribution in [0.5, 0.6) is 5.75 Å². The van der Waals surface area contributed by atoms with Crippen molar-refractivity contribution in [1.82, 2.24) is 0 Å². The molecule has 0 bridgehead atoms. The third-order valence-electron chi connectivity index (χ3n) is 3.28. The first-order valence-corrected chi connectivity index (χ1v) is 6.18. The molecule has 0 radical (unpaired) electrons. The summed E-state index contributed by atoms with van der Waals surface area (Å²) in [5, 5.41) is 0. The minimum Gasteiger partial charge on any atom is -0.493 e. The fourth-order valence-electron chi connectivity index (χ4n) is 1.97. The van der Waals surface area contributed by atoms with Crippen LogP contribution in [0.2, 0.25) is 0 Å². The van der Waals surface area contributed by atoms with E-state index < -0.39 is 0 Å². The van der Waals surface area contributed by atoms with E-state index in [2.05, 4.69) is 31.7 Å². The Labute approximate surface area is 97.2 Å². The monoisotopic (exact) mass is 222 g/mol. The standard InChI is InChI=1S/C13H18OS/c1-11-4-2-5-12(8-11)14-9-13(10-15)6-3-7-13/h2,4-5,8,15H,3,6-7,9-10H2,1H3. The normalized spacial score (nSPS) is 18.3. The Morgan fingerprint density at radius 1 is 1.40 bits per heavy atom. The average Bonchev–Trinajstić information content (AvgIpc) is 2.17. The predicted octanol–water partition coefficient (Wildman–Crippen LogP) is 3.47. The Kier molecular flexibility index (Phi) is 3.25. The molecule has 1 aromatic carbocycles. The van der Waals surface area contributed by atoms with Crippen LogP contribution in [0.1, 0.15) is 24.8 Å². The van der Waals surface area contributed by atoms with Gasteiger partial charge >= 0.3 is 0 Å². The van der Waals surface area contributed by atoms with Gasteiger partial charge in [0.05, 0.1) is 6.61 Å². The Hall–Kier alpha value is -0.630. The summed E-state index contributed by atoms with van der Waals surface area (Å²) in [4.78, 5) is 0. The molecule has 0 spiro atoms. The zero-order chi connectivity index (χ0) is 10.7. The molecule has 0 amide bonds. The summed E-state index contributed by atoms with van der Waals surface area (Å²) >= 11 is 4.42. The molecule has 0 aromatic heterocycles. The van der Waals surface area contributed by atoms with Crippen molar-refractivity contribution in [3.8, 4) is 5.75 Å². The highest BCUT2D eigenvalue weighted by Crippen LogP contribution is 2.42. The highest BCUT2D eigenvalue weighted by atomic mass is 32.1. The molecule has 2 heteroatoms. The van der Waals surface area contributed by atoms with E-state index in [0.717, 1.165) is 18.1 Å². The van der Waals surface area contributed by atoms with Crippen LogP contribution in [0, 0.1) is 12.3 Å². The Bertz CT molecular complexity index is 326. The molecule has 82 valence electrons. The fourth-order valence-corrected chi connectivity index (χ4v) is 2.37. The van der Waals surface area contributed by atoms with Crippen LogP contribution in [-0.2, 0) is 0 Å². The molecule has 0 saturated heterocycles. The van der Waals surface area contributed by atoms with Crippen molar-refractivity contribution in [3.63, 3.8) is 0 Å². The number of hydrogen-bond acceptors (Lipinski definition) is 2. The van der Waals surface area contributed by atoms with Crippen molar-refractivity contribution in [2.24, 2.45) is 5.41 Å². The maximum absolute atomic E-state index is 5.84. The molecule has 0 aliphatic heterocycles. The maximum Gasteiger partial charge on any atom is 0.119 e. The smallest absolute Gasteiger partial charge is 0.119 e. The van der Waals surface area contributed by atoms with Gasteiger partial charge in [0.2, 0.25) is 0 Å². The van der Waals surface area contributed by atoms with E-state index in [1.807, 2.05) is 12.1 Å². The summed E-state index contributed by atoms with van der Waals surface area (Å²) in [6, 6.07) is 8.24. The van der Waals surface area contributed by atoms with Crippen LogP contribution >= 0.6 is 12.6 Å². The zero-order valence-corrected chi connectivity index (χ0v) is 10.1. The lowest BCUT2D eigenvalue weighted by atomic mass is 9.71. The van der Waals surface area contributed by atoms with Crippen molar-refractivity contribution in [3.05, 3.63) is 29.8 Å². The lowest BCUT2D eigenvalue weighted by molar-refractivity contribution is 0.0829. The number of hydrogen-bond donors (Lipinski definition) is 1. The summed E-state index contributed by atoms with van der Waals surface area (Å²) < 4.78 is 5.84. The molecular weight excluding hydrogens is 204 g/mol. The molecule has 1 nitrogen and oxygen atoms in total. The van der Waals surface area contributed by atoms with Gasteiger partial charge in [0.1, 0.15) is 5.75 Å². The van der Waals surface area contributed by atoms with Crippen LogP contribution in [0.25, 0.3) is 0 Å². The first-order valence-electron chi connectivity index (χ1n) is 5.54. The van der Waals surface area contributed by atoms with Gasteiger partial charge in [-0.25, -0.2) is 0 Å².